The maximum atomic E-state index is 14.9. The minimum absolute atomic E-state index is 0.193. The Morgan fingerprint density at radius 1 is 1.30 bits per heavy atom. The Balaban J connectivity index is 1.39. The number of nitrogens with one attached hydrogen (secondary N) is 1. The van der Waals surface area contributed by atoms with Crippen LogP contribution in [0.1, 0.15) is 33.6 Å². The Labute approximate surface area is 175 Å². The highest BCUT2D eigenvalue weighted by Gasteiger charge is 2.47. The number of cyclic esters (lactones) is 1. The van der Waals surface area contributed by atoms with Gasteiger partial charge in [-0.15, -0.1) is 0 Å². The van der Waals surface area contributed by atoms with Gasteiger partial charge in [-0.05, 0) is 44.9 Å². The zero-order chi connectivity index (χ0) is 21.5. The molecule has 1 spiro atoms. The number of halogens is 1. The molecule has 0 aliphatic carbocycles. The first-order valence-corrected chi connectivity index (χ1v) is 10.3. The summed E-state index contributed by atoms with van der Waals surface area (Å²) in [4.78, 5) is 26.6. The van der Waals surface area contributed by atoms with E-state index in [4.69, 9.17) is 14.2 Å². The normalized spacial score (nSPS) is 24.9. The van der Waals surface area contributed by atoms with E-state index in [1.807, 2.05) is 18.7 Å². The molecule has 3 fully saturated rings. The lowest BCUT2D eigenvalue weighted by molar-refractivity contribution is -0.164. The van der Waals surface area contributed by atoms with Crippen LogP contribution in [0.4, 0.5) is 20.6 Å². The van der Waals surface area contributed by atoms with Crippen molar-refractivity contribution >= 4 is 23.4 Å². The zero-order valence-electron chi connectivity index (χ0n) is 17.6. The summed E-state index contributed by atoms with van der Waals surface area (Å²) in [5.41, 5.74) is 0.655. The van der Waals surface area contributed by atoms with Crippen LogP contribution in [0.25, 0.3) is 0 Å². The van der Waals surface area contributed by atoms with Gasteiger partial charge in [-0.25, -0.2) is 9.18 Å². The summed E-state index contributed by atoms with van der Waals surface area (Å²) in [7, 11) is 0. The quantitative estimate of drug-likeness (QED) is 0.804. The molecule has 8 nitrogen and oxygen atoms in total. The molecule has 1 N–H and O–H groups in total. The highest BCUT2D eigenvalue weighted by atomic mass is 19.1. The molecule has 1 aromatic rings. The summed E-state index contributed by atoms with van der Waals surface area (Å²) in [5, 5.41) is 2.63. The van der Waals surface area contributed by atoms with Gasteiger partial charge in [0.15, 0.2) is 5.79 Å². The maximum absolute atomic E-state index is 14.9. The van der Waals surface area contributed by atoms with Crippen LogP contribution >= 0.6 is 0 Å². The molecule has 1 atom stereocenters. The molecule has 2 amide bonds. The first-order valence-electron chi connectivity index (χ1n) is 10.3. The van der Waals surface area contributed by atoms with Crippen molar-refractivity contribution in [3.05, 3.63) is 24.0 Å². The summed E-state index contributed by atoms with van der Waals surface area (Å²) in [6.45, 7) is 7.62. The van der Waals surface area contributed by atoms with E-state index < -0.39 is 18.0 Å². The molecule has 3 aliphatic heterocycles. The molecule has 0 bridgehead atoms. The first-order chi connectivity index (χ1) is 14.2. The van der Waals surface area contributed by atoms with Crippen LogP contribution in [-0.2, 0) is 19.0 Å². The molecular weight excluding hydrogens is 393 g/mol. The Morgan fingerprint density at radius 2 is 2.03 bits per heavy atom. The monoisotopic (exact) mass is 421 g/mol. The van der Waals surface area contributed by atoms with Crippen molar-refractivity contribution in [2.75, 3.05) is 42.6 Å². The predicted octanol–water partition coefficient (Wildman–Crippen LogP) is 2.41. The van der Waals surface area contributed by atoms with Gasteiger partial charge < -0.3 is 24.4 Å². The third-order valence-corrected chi connectivity index (χ3v) is 5.86. The molecule has 1 aromatic carbocycles. The largest absolute Gasteiger partial charge is 0.442 e. The molecule has 4 rings (SSSR count). The predicted molar refractivity (Wildman–Crippen MR) is 108 cm³/mol. The van der Waals surface area contributed by atoms with Gasteiger partial charge >= 0.3 is 6.09 Å². The van der Waals surface area contributed by atoms with E-state index in [-0.39, 0.29) is 30.4 Å². The number of benzene rings is 1. The number of hydrogen-bond donors (Lipinski definition) is 1. The molecule has 1 unspecified atom stereocenters. The number of ether oxygens (including phenoxy) is 3. The molecule has 3 saturated heterocycles. The number of rotatable bonds is 4. The minimum Gasteiger partial charge on any atom is -0.442 e. The second-order valence-electron chi connectivity index (χ2n) is 8.65. The summed E-state index contributed by atoms with van der Waals surface area (Å²) < 4.78 is 32.0. The van der Waals surface area contributed by atoms with E-state index in [1.165, 1.54) is 17.9 Å². The van der Waals surface area contributed by atoms with E-state index in [1.54, 1.807) is 12.1 Å². The van der Waals surface area contributed by atoms with Gasteiger partial charge in [-0.2, -0.15) is 0 Å². The number of nitrogens with zero attached hydrogens (tertiary/aromatic N) is 2. The Bertz CT molecular complexity index is 838. The average Bonchev–Trinajstić information content (AvgIpc) is 3.20. The number of piperidine rings is 1. The maximum Gasteiger partial charge on any atom is 0.414 e. The first kappa shape index (κ1) is 20.9. The third-order valence-electron chi connectivity index (χ3n) is 5.86. The fourth-order valence-corrected chi connectivity index (χ4v) is 4.30. The number of anilines is 2. The van der Waals surface area contributed by atoms with Crippen molar-refractivity contribution < 1.29 is 28.2 Å². The second-order valence-corrected chi connectivity index (χ2v) is 8.65. The van der Waals surface area contributed by atoms with Crippen molar-refractivity contribution in [3.8, 4) is 0 Å². The standard InChI is InChI=1S/C21H28FN3O5/c1-14(26)23-11-16-12-25(19(27)29-16)15-4-5-18(17(22)10-15)24-8-6-21(7-9-24)13-28-20(2,3)30-21/h4-5,10,16H,6-9,11-13H2,1-3H3,(H,23,26). The molecule has 30 heavy (non-hydrogen) atoms. The van der Waals surface area contributed by atoms with Crippen molar-refractivity contribution in [2.45, 2.75) is 51.1 Å². The highest BCUT2D eigenvalue weighted by Crippen LogP contribution is 2.40. The van der Waals surface area contributed by atoms with Crippen molar-refractivity contribution in [2.24, 2.45) is 0 Å². The van der Waals surface area contributed by atoms with E-state index >= 15 is 0 Å². The van der Waals surface area contributed by atoms with Crippen LogP contribution < -0.4 is 15.1 Å². The molecular formula is C21H28FN3O5. The van der Waals surface area contributed by atoms with Crippen LogP contribution in [0, 0.1) is 5.82 Å². The van der Waals surface area contributed by atoms with Crippen molar-refractivity contribution in [1.29, 1.82) is 0 Å². The summed E-state index contributed by atoms with van der Waals surface area (Å²) in [6.07, 6.45) is 0.528. The molecule has 0 aromatic heterocycles. The molecule has 3 aliphatic rings. The number of amides is 2. The van der Waals surface area contributed by atoms with Crippen molar-refractivity contribution in [3.63, 3.8) is 0 Å². The fourth-order valence-electron chi connectivity index (χ4n) is 4.30. The average molecular weight is 421 g/mol. The fraction of sp³-hybridized carbons (Fsp3) is 0.619. The molecule has 9 heteroatoms. The molecule has 3 heterocycles. The second kappa shape index (κ2) is 7.70. The van der Waals surface area contributed by atoms with Crippen LogP contribution in [0.2, 0.25) is 0 Å². The van der Waals surface area contributed by atoms with E-state index in [9.17, 15) is 14.0 Å². The van der Waals surface area contributed by atoms with Gasteiger partial charge in [-0.3, -0.25) is 9.69 Å². The summed E-state index contributed by atoms with van der Waals surface area (Å²) in [5.74, 6) is -1.15. The number of carbonyl (C=O) groups excluding carboxylic acids is 2. The Hall–Kier alpha value is -2.39. The number of hydrogen-bond acceptors (Lipinski definition) is 6. The van der Waals surface area contributed by atoms with E-state index in [2.05, 4.69) is 5.32 Å². The Kier molecular flexibility index (Phi) is 5.36. The van der Waals surface area contributed by atoms with Crippen molar-refractivity contribution in [1.82, 2.24) is 5.32 Å². The lowest BCUT2D eigenvalue weighted by Gasteiger charge is -2.39. The SMILES string of the molecule is CC(=O)NCC1CN(c2ccc(N3CCC4(CC3)COC(C)(C)O4)c(F)c2)C(=O)O1. The smallest absolute Gasteiger partial charge is 0.414 e. The van der Waals surface area contributed by atoms with Gasteiger partial charge in [0.05, 0.1) is 36.7 Å². The van der Waals surface area contributed by atoms with E-state index in [0.29, 0.717) is 31.1 Å². The highest BCUT2D eigenvalue weighted by molar-refractivity contribution is 5.90. The Morgan fingerprint density at radius 3 is 2.63 bits per heavy atom. The molecule has 0 radical (unpaired) electrons. The topological polar surface area (TPSA) is 80.3 Å². The number of carbonyl (C=O) groups is 2. The lowest BCUT2D eigenvalue weighted by atomic mass is 9.92. The van der Waals surface area contributed by atoms with Gasteiger partial charge in [0, 0.05) is 20.0 Å². The van der Waals surface area contributed by atoms with E-state index in [0.717, 1.165) is 12.8 Å². The summed E-state index contributed by atoms with van der Waals surface area (Å²) >= 11 is 0. The van der Waals surface area contributed by atoms with Gasteiger partial charge in [-0.1, -0.05) is 0 Å². The van der Waals surface area contributed by atoms with Crippen LogP contribution in [0.3, 0.4) is 0 Å². The lowest BCUT2D eigenvalue weighted by Crippen LogP contribution is -2.47. The van der Waals surface area contributed by atoms with Crippen LogP contribution in [0.15, 0.2) is 18.2 Å². The van der Waals surface area contributed by atoms with Crippen LogP contribution in [0.5, 0.6) is 0 Å². The van der Waals surface area contributed by atoms with Gasteiger partial charge in [0.25, 0.3) is 0 Å². The van der Waals surface area contributed by atoms with Gasteiger partial charge in [0.1, 0.15) is 11.9 Å². The summed E-state index contributed by atoms with van der Waals surface area (Å²) in [6, 6.07) is 4.79. The van der Waals surface area contributed by atoms with Crippen LogP contribution in [-0.4, -0.2) is 62.3 Å². The molecule has 0 saturated carbocycles. The third kappa shape index (κ3) is 4.22. The van der Waals surface area contributed by atoms with Gasteiger partial charge in [0.2, 0.25) is 5.91 Å². The zero-order valence-corrected chi connectivity index (χ0v) is 17.6. The minimum atomic E-state index is -0.572. The molecule has 164 valence electrons.